The van der Waals surface area contributed by atoms with Crippen LogP contribution in [0, 0.1) is 0 Å². The first-order chi connectivity index (χ1) is 18.7. The van der Waals surface area contributed by atoms with Gasteiger partial charge in [-0.15, -0.1) is 0 Å². The van der Waals surface area contributed by atoms with Crippen molar-refractivity contribution in [1.82, 2.24) is 18.8 Å². The van der Waals surface area contributed by atoms with E-state index in [9.17, 15) is 13.2 Å². The van der Waals surface area contributed by atoms with Gasteiger partial charge in [0.2, 0.25) is 10.0 Å². The molecule has 3 aliphatic rings. The number of carbonyl (C=O) groups is 1. The molecule has 39 heavy (non-hydrogen) atoms. The fourth-order valence-electron chi connectivity index (χ4n) is 7.62. The summed E-state index contributed by atoms with van der Waals surface area (Å²) in [4.78, 5) is 13.4. The van der Waals surface area contributed by atoms with Crippen molar-refractivity contribution in [1.29, 1.82) is 0 Å². The summed E-state index contributed by atoms with van der Waals surface area (Å²) in [6.07, 6.45) is 0.513. The zero-order valence-corrected chi connectivity index (χ0v) is 22.9. The van der Waals surface area contributed by atoms with Gasteiger partial charge in [0, 0.05) is 48.7 Å². The third-order valence-corrected chi connectivity index (χ3v) is 10.5. The minimum atomic E-state index is -3.53. The van der Waals surface area contributed by atoms with Gasteiger partial charge in [-0.2, -0.15) is 4.31 Å². The second kappa shape index (κ2) is 7.39. The van der Waals surface area contributed by atoms with Crippen molar-refractivity contribution in [2.75, 3.05) is 20.4 Å². The second-order valence-corrected chi connectivity index (χ2v) is 13.1. The van der Waals surface area contributed by atoms with Crippen LogP contribution >= 0.6 is 0 Å². The first kappa shape index (κ1) is 23.4. The molecule has 200 valence electrons. The van der Waals surface area contributed by atoms with Crippen LogP contribution in [0.1, 0.15) is 35.5 Å². The van der Waals surface area contributed by atoms with Crippen LogP contribution in [0.15, 0.2) is 48.5 Å². The zero-order chi connectivity index (χ0) is 27.0. The van der Waals surface area contributed by atoms with E-state index in [1.807, 2.05) is 31.2 Å². The molecule has 5 heterocycles. The SMILES string of the molecule is CO[C@@H]1[C@H](N(C)S(C)(=O)=O)C[C@H]2O[C@]1(C)n1c3ccccc3c3c4c(c5c6ccccc6n2c5c31)C(=O)NC4. The smallest absolute Gasteiger partial charge is 0.252 e. The molecule has 1 fully saturated rings. The molecule has 4 atom stereocenters. The lowest BCUT2D eigenvalue weighted by Crippen LogP contribution is -2.61. The van der Waals surface area contributed by atoms with Gasteiger partial charge in [-0.1, -0.05) is 36.4 Å². The molecule has 0 saturated carbocycles. The average molecular weight is 545 g/mol. The van der Waals surface area contributed by atoms with Crippen molar-refractivity contribution in [2.24, 2.45) is 0 Å². The highest BCUT2D eigenvalue weighted by Crippen LogP contribution is 2.54. The number of carbonyl (C=O) groups excluding carboxylic acids is 1. The van der Waals surface area contributed by atoms with Crippen molar-refractivity contribution in [3.63, 3.8) is 0 Å². The van der Waals surface area contributed by atoms with Crippen molar-refractivity contribution in [2.45, 2.75) is 44.0 Å². The first-order valence-electron chi connectivity index (χ1n) is 13.1. The first-order valence-corrected chi connectivity index (χ1v) is 14.9. The van der Waals surface area contributed by atoms with Gasteiger partial charge in [-0.3, -0.25) is 4.79 Å². The molecule has 3 aromatic carbocycles. The molecule has 10 heteroatoms. The van der Waals surface area contributed by atoms with E-state index in [2.05, 4.69) is 38.7 Å². The number of para-hydroxylation sites is 2. The predicted molar refractivity (Wildman–Crippen MR) is 149 cm³/mol. The van der Waals surface area contributed by atoms with Crippen LogP contribution in [0.5, 0.6) is 0 Å². The van der Waals surface area contributed by atoms with Gasteiger partial charge < -0.3 is 23.9 Å². The topological polar surface area (TPSA) is 94.8 Å². The van der Waals surface area contributed by atoms with Crippen LogP contribution < -0.4 is 5.32 Å². The number of sulfonamides is 1. The number of ether oxygens (including phenoxy) is 2. The minimum absolute atomic E-state index is 0.0737. The number of methoxy groups -OCH3 is 1. The normalized spacial score (nSPS) is 26.3. The molecule has 2 aromatic heterocycles. The third-order valence-electron chi connectivity index (χ3n) is 9.19. The quantitative estimate of drug-likeness (QED) is 0.370. The molecule has 0 unspecified atom stereocenters. The highest BCUT2D eigenvalue weighted by Gasteiger charge is 2.55. The Labute approximate surface area is 224 Å². The number of likely N-dealkylation sites (N-methyl/N-ethyl adjacent to an activating group) is 1. The Morgan fingerprint density at radius 1 is 1.05 bits per heavy atom. The Hall–Kier alpha value is -3.44. The highest BCUT2D eigenvalue weighted by molar-refractivity contribution is 7.88. The number of rotatable bonds is 3. The van der Waals surface area contributed by atoms with Crippen LogP contribution in [0.3, 0.4) is 0 Å². The Morgan fingerprint density at radius 3 is 2.41 bits per heavy atom. The van der Waals surface area contributed by atoms with E-state index in [1.54, 1.807) is 14.2 Å². The maximum absolute atomic E-state index is 13.4. The maximum Gasteiger partial charge on any atom is 0.252 e. The molecule has 1 N–H and O–H groups in total. The number of nitrogens with zero attached hydrogens (tertiary/aromatic N) is 3. The van der Waals surface area contributed by atoms with Crippen LogP contribution in [0.4, 0.5) is 0 Å². The number of fused-ring (bicyclic) bond motifs is 13. The van der Waals surface area contributed by atoms with Crippen molar-refractivity contribution < 1.29 is 22.7 Å². The van der Waals surface area contributed by atoms with Gasteiger partial charge in [0.25, 0.3) is 5.91 Å². The molecule has 2 bridgehead atoms. The monoisotopic (exact) mass is 544 g/mol. The van der Waals surface area contributed by atoms with E-state index in [0.717, 1.165) is 49.2 Å². The Morgan fingerprint density at radius 2 is 1.72 bits per heavy atom. The van der Waals surface area contributed by atoms with Gasteiger partial charge in [0.1, 0.15) is 12.3 Å². The minimum Gasteiger partial charge on any atom is -0.375 e. The molecule has 0 aliphatic carbocycles. The molecule has 0 radical (unpaired) electrons. The largest absolute Gasteiger partial charge is 0.375 e. The number of amides is 1. The number of nitrogens with one attached hydrogen (secondary N) is 1. The molecule has 8 rings (SSSR count). The maximum atomic E-state index is 13.4. The van der Waals surface area contributed by atoms with Gasteiger partial charge in [0.05, 0.1) is 39.9 Å². The molecule has 5 aromatic rings. The summed E-state index contributed by atoms with van der Waals surface area (Å²) in [7, 11) is -0.299. The standard InChI is InChI=1S/C29H28N4O5S/c1-29-27(37-3)20(31(2)39(4,35)36)13-21(38-29)32-18-11-7-5-9-15(18)23-24-17(14-30-28(24)34)22-16-10-6-8-12-19(16)33(29)26(22)25(23)32/h5-12,20-21,27H,13-14H2,1-4H3,(H,30,34)/t20-,21-,27-,29+/m1/s1. The lowest BCUT2D eigenvalue weighted by molar-refractivity contribution is -0.262. The summed E-state index contributed by atoms with van der Waals surface area (Å²) in [5.74, 6) is -0.0737. The van der Waals surface area contributed by atoms with Crippen LogP contribution in [0.25, 0.3) is 43.6 Å². The van der Waals surface area contributed by atoms with Crippen LogP contribution in [-0.2, 0) is 31.8 Å². The predicted octanol–water partition coefficient (Wildman–Crippen LogP) is 4.03. The second-order valence-electron chi connectivity index (χ2n) is 11.1. The van der Waals surface area contributed by atoms with Gasteiger partial charge in [0.15, 0.2) is 5.72 Å². The number of hydrogen-bond donors (Lipinski definition) is 1. The molecule has 9 nitrogen and oxygen atoms in total. The Bertz CT molecular complexity index is 2030. The van der Waals surface area contributed by atoms with Crippen molar-refractivity contribution >= 4 is 59.5 Å². The lowest BCUT2D eigenvalue weighted by Gasteiger charge is -2.50. The Balaban J connectivity index is 1.64. The summed E-state index contributed by atoms with van der Waals surface area (Å²) in [6.45, 7) is 2.45. The molecule has 1 amide bonds. The van der Waals surface area contributed by atoms with E-state index in [1.165, 1.54) is 10.6 Å². The third kappa shape index (κ3) is 2.70. The summed E-state index contributed by atoms with van der Waals surface area (Å²) < 4.78 is 44.8. The van der Waals surface area contributed by atoms with Crippen molar-refractivity contribution in [3.05, 3.63) is 59.7 Å². The zero-order valence-electron chi connectivity index (χ0n) is 22.1. The molecule has 3 aliphatic heterocycles. The molecule has 0 spiro atoms. The van der Waals surface area contributed by atoms with E-state index in [0.29, 0.717) is 18.5 Å². The molecular formula is C29H28N4O5S. The average Bonchev–Trinajstić information content (AvgIpc) is 3.55. The number of benzene rings is 3. The summed E-state index contributed by atoms with van der Waals surface area (Å²) in [5, 5.41) is 7.02. The number of hydrogen-bond acceptors (Lipinski definition) is 5. The van der Waals surface area contributed by atoms with E-state index in [4.69, 9.17) is 9.47 Å². The van der Waals surface area contributed by atoms with Crippen molar-refractivity contribution in [3.8, 4) is 0 Å². The van der Waals surface area contributed by atoms with E-state index >= 15 is 0 Å². The lowest BCUT2D eigenvalue weighted by atomic mass is 9.93. The highest BCUT2D eigenvalue weighted by atomic mass is 32.2. The number of aromatic nitrogens is 2. The summed E-state index contributed by atoms with van der Waals surface area (Å²) in [6, 6.07) is 15.8. The van der Waals surface area contributed by atoms with Gasteiger partial charge in [-0.25, -0.2) is 8.42 Å². The van der Waals surface area contributed by atoms with Gasteiger partial charge >= 0.3 is 0 Å². The van der Waals surface area contributed by atoms with Gasteiger partial charge in [-0.05, 0) is 24.6 Å². The molecular weight excluding hydrogens is 516 g/mol. The van der Waals surface area contributed by atoms with E-state index in [-0.39, 0.29) is 5.91 Å². The van der Waals surface area contributed by atoms with Crippen LogP contribution in [0.2, 0.25) is 0 Å². The van der Waals surface area contributed by atoms with Crippen LogP contribution in [-0.4, -0.2) is 60.3 Å². The molecule has 1 saturated heterocycles. The fourth-order valence-corrected chi connectivity index (χ4v) is 8.30. The summed E-state index contributed by atoms with van der Waals surface area (Å²) in [5.41, 5.74) is 4.46. The fraction of sp³-hybridized carbons (Fsp3) is 0.345. The van der Waals surface area contributed by atoms with E-state index < -0.39 is 34.1 Å². The summed E-state index contributed by atoms with van der Waals surface area (Å²) >= 11 is 0. The Kier molecular flexibility index (Phi) is 4.44.